The van der Waals surface area contributed by atoms with Crippen LogP contribution in [-0.2, 0) is 15.4 Å². The first-order valence-electron chi connectivity index (χ1n) is 4.39. The van der Waals surface area contributed by atoms with E-state index in [1.165, 1.54) is 0 Å². The van der Waals surface area contributed by atoms with Crippen LogP contribution in [-0.4, -0.2) is 11.9 Å². The molecular weight excluding hydrogens is 214 g/mol. The Morgan fingerprint density at radius 1 is 1.33 bits per heavy atom. The van der Waals surface area contributed by atoms with Crippen LogP contribution in [0.1, 0.15) is 5.56 Å². The Morgan fingerprint density at radius 3 is 2.47 bits per heavy atom. The average Bonchev–Trinajstić information content (AvgIpc) is 2.24. The molecule has 0 radical (unpaired) electrons. The first kappa shape index (κ1) is 10.3. The summed E-state index contributed by atoms with van der Waals surface area (Å²) in [6, 6.07) is 9.46. The second-order valence-electron chi connectivity index (χ2n) is 2.99. The molecule has 1 fully saturated rings. The molecule has 0 spiro atoms. The minimum absolute atomic E-state index is 0.231. The van der Waals surface area contributed by atoms with Gasteiger partial charge in [0.2, 0.25) is 0 Å². The van der Waals surface area contributed by atoms with Gasteiger partial charge in [-0.1, -0.05) is 30.3 Å². The van der Waals surface area contributed by atoms with Crippen molar-refractivity contribution >= 4 is 17.3 Å². The number of rotatable bonds is 2. The van der Waals surface area contributed by atoms with Crippen LogP contribution in [0.2, 0.25) is 0 Å². The van der Waals surface area contributed by atoms with Crippen molar-refractivity contribution in [2.24, 2.45) is 5.84 Å². The minimum Gasteiger partial charge on any atom is -0.306 e. The van der Waals surface area contributed by atoms with Gasteiger partial charge in [-0.25, -0.2) is 5.84 Å². The first-order valence-corrected chi connectivity index (χ1v) is 4.80. The summed E-state index contributed by atoms with van der Waals surface area (Å²) in [4.78, 5) is 0. The van der Waals surface area contributed by atoms with Crippen molar-refractivity contribution in [3.05, 3.63) is 35.9 Å². The largest absolute Gasteiger partial charge is 0.306 e. The molecule has 1 saturated heterocycles. The lowest BCUT2D eigenvalue weighted by Gasteiger charge is -2.42. The number of nitrogens with one attached hydrogen (secondary N) is 2. The molecule has 0 amide bonds. The lowest BCUT2D eigenvalue weighted by atomic mass is 10.1. The van der Waals surface area contributed by atoms with Crippen molar-refractivity contribution in [2.45, 2.75) is 5.91 Å². The minimum atomic E-state index is -0.995. The third-order valence-electron chi connectivity index (χ3n) is 2.09. The van der Waals surface area contributed by atoms with Crippen molar-refractivity contribution in [3.8, 4) is 0 Å². The Bertz CT molecular complexity index is 354. The summed E-state index contributed by atoms with van der Waals surface area (Å²) in [5.74, 6) is 4.18. The molecule has 0 aromatic heterocycles. The van der Waals surface area contributed by atoms with E-state index in [4.69, 9.17) is 27.5 Å². The molecule has 1 heterocycles. The molecule has 15 heavy (non-hydrogen) atoms. The maximum absolute atomic E-state index is 5.36. The van der Waals surface area contributed by atoms with E-state index >= 15 is 0 Å². The molecule has 5 nitrogen and oxygen atoms in total. The quantitative estimate of drug-likeness (QED) is 0.378. The summed E-state index contributed by atoms with van der Waals surface area (Å²) in [6.07, 6.45) is 0. The van der Waals surface area contributed by atoms with Crippen LogP contribution in [0.4, 0.5) is 0 Å². The third-order valence-corrected chi connectivity index (χ3v) is 2.31. The number of hydrogen-bond donors (Lipinski definition) is 3. The van der Waals surface area contributed by atoms with E-state index in [9.17, 15) is 0 Å². The molecule has 0 bridgehead atoms. The highest BCUT2D eigenvalue weighted by Gasteiger charge is 2.42. The summed E-state index contributed by atoms with van der Waals surface area (Å²) in [5.41, 5.74) is 3.16. The number of thiocarbonyl (C=S) groups is 1. The first-order chi connectivity index (χ1) is 7.27. The Balaban J connectivity index is 2.19. The van der Waals surface area contributed by atoms with E-state index in [0.717, 1.165) is 5.56 Å². The van der Waals surface area contributed by atoms with Gasteiger partial charge in [-0.05, 0) is 12.2 Å². The van der Waals surface area contributed by atoms with Gasteiger partial charge < -0.3 is 20.2 Å². The topological polar surface area (TPSA) is 68.5 Å². The van der Waals surface area contributed by atoms with Gasteiger partial charge >= 0.3 is 0 Å². The van der Waals surface area contributed by atoms with E-state index in [-0.39, 0.29) is 11.9 Å². The smallest absolute Gasteiger partial charge is 0.283 e. The van der Waals surface area contributed by atoms with Crippen molar-refractivity contribution in [2.75, 3.05) is 6.79 Å². The highest BCUT2D eigenvalue weighted by Crippen LogP contribution is 2.31. The van der Waals surface area contributed by atoms with Crippen LogP contribution in [0.3, 0.4) is 0 Å². The normalized spacial score (nSPS) is 17.7. The van der Waals surface area contributed by atoms with Crippen molar-refractivity contribution in [3.63, 3.8) is 0 Å². The van der Waals surface area contributed by atoms with E-state index in [1.54, 1.807) is 0 Å². The van der Waals surface area contributed by atoms with E-state index in [2.05, 4.69) is 10.7 Å². The summed E-state index contributed by atoms with van der Waals surface area (Å²) < 4.78 is 10.7. The molecule has 80 valence electrons. The molecule has 0 saturated carbocycles. The zero-order chi connectivity index (χ0) is 10.7. The molecule has 0 aliphatic carbocycles. The van der Waals surface area contributed by atoms with Crippen LogP contribution in [0, 0.1) is 0 Å². The summed E-state index contributed by atoms with van der Waals surface area (Å²) in [5, 5.41) is 3.11. The molecule has 6 heteroatoms. The van der Waals surface area contributed by atoms with E-state index in [1.807, 2.05) is 30.3 Å². The number of hydrogen-bond acceptors (Lipinski definition) is 4. The van der Waals surface area contributed by atoms with E-state index in [0.29, 0.717) is 0 Å². The third kappa shape index (κ3) is 1.93. The molecule has 4 N–H and O–H groups in total. The average molecular weight is 225 g/mol. The van der Waals surface area contributed by atoms with Gasteiger partial charge in [-0.15, -0.1) is 0 Å². The highest BCUT2D eigenvalue weighted by molar-refractivity contribution is 7.80. The number of hydrazine groups is 1. The molecule has 2 rings (SSSR count). The highest BCUT2D eigenvalue weighted by atomic mass is 32.1. The summed E-state index contributed by atoms with van der Waals surface area (Å²) in [7, 11) is 0. The Kier molecular flexibility index (Phi) is 2.83. The zero-order valence-corrected chi connectivity index (χ0v) is 8.71. The van der Waals surface area contributed by atoms with Gasteiger partial charge in [0.15, 0.2) is 11.9 Å². The van der Waals surface area contributed by atoms with Gasteiger partial charge in [-0.2, -0.15) is 0 Å². The number of nitrogens with two attached hydrogens (primary N) is 1. The molecule has 1 aliphatic rings. The monoisotopic (exact) mass is 225 g/mol. The lowest BCUT2D eigenvalue weighted by molar-refractivity contribution is -0.416. The number of ether oxygens (including phenoxy) is 2. The fourth-order valence-corrected chi connectivity index (χ4v) is 1.47. The van der Waals surface area contributed by atoms with Gasteiger partial charge in [0, 0.05) is 5.56 Å². The molecule has 1 aliphatic heterocycles. The maximum Gasteiger partial charge on any atom is 0.283 e. The number of benzene rings is 1. The van der Waals surface area contributed by atoms with Crippen LogP contribution < -0.4 is 16.6 Å². The Hall–Kier alpha value is -1.21. The van der Waals surface area contributed by atoms with Crippen LogP contribution >= 0.6 is 12.2 Å². The summed E-state index contributed by atoms with van der Waals surface area (Å²) in [6.45, 7) is 0.231. The van der Waals surface area contributed by atoms with Crippen LogP contribution in [0.15, 0.2) is 30.3 Å². The predicted molar refractivity (Wildman–Crippen MR) is 58.2 cm³/mol. The lowest BCUT2D eigenvalue weighted by Crippen LogP contribution is -2.60. The molecular formula is C9H11N3O2S. The second-order valence-corrected chi connectivity index (χ2v) is 3.40. The second kappa shape index (κ2) is 4.11. The van der Waals surface area contributed by atoms with Gasteiger partial charge in [0.05, 0.1) is 0 Å². The van der Waals surface area contributed by atoms with Crippen molar-refractivity contribution < 1.29 is 9.47 Å². The Labute approximate surface area is 92.5 Å². The van der Waals surface area contributed by atoms with Crippen molar-refractivity contribution in [1.82, 2.24) is 10.7 Å². The summed E-state index contributed by atoms with van der Waals surface area (Å²) >= 11 is 4.90. The fraction of sp³-hybridized carbons (Fsp3) is 0.222. The molecule has 0 atom stereocenters. The standard InChI is InChI=1S/C9H11N3O2S/c10-12-8(15)11-9(13-6-14-9)7-4-2-1-3-5-7/h1-5H,6,10H2,(H2,11,12,15). The fourth-order valence-electron chi connectivity index (χ4n) is 1.33. The molecule has 1 aromatic carbocycles. The van der Waals surface area contributed by atoms with Crippen LogP contribution in [0.5, 0.6) is 0 Å². The van der Waals surface area contributed by atoms with E-state index < -0.39 is 5.91 Å². The van der Waals surface area contributed by atoms with Gasteiger partial charge in [0.25, 0.3) is 5.91 Å². The van der Waals surface area contributed by atoms with Gasteiger partial charge in [0.1, 0.15) is 0 Å². The Morgan fingerprint density at radius 2 is 2.00 bits per heavy atom. The van der Waals surface area contributed by atoms with Gasteiger partial charge in [-0.3, -0.25) is 0 Å². The predicted octanol–water partition coefficient (Wildman–Crippen LogP) is 0.139. The zero-order valence-electron chi connectivity index (χ0n) is 7.90. The molecule has 0 unspecified atom stereocenters. The molecule has 1 aromatic rings. The maximum atomic E-state index is 5.36. The van der Waals surface area contributed by atoms with Crippen molar-refractivity contribution in [1.29, 1.82) is 0 Å². The van der Waals surface area contributed by atoms with Crippen LogP contribution in [0.25, 0.3) is 0 Å². The SMILES string of the molecule is NNC(=S)NC1(c2ccccc2)OCO1.